The normalized spacial score (nSPS) is 16.2. The predicted molar refractivity (Wildman–Crippen MR) is 122 cm³/mol. The first-order valence-corrected chi connectivity index (χ1v) is 11.1. The fourth-order valence-corrected chi connectivity index (χ4v) is 4.36. The van der Waals surface area contributed by atoms with Crippen LogP contribution in [0, 0.1) is 0 Å². The van der Waals surface area contributed by atoms with Crippen molar-refractivity contribution in [3.63, 3.8) is 0 Å². The van der Waals surface area contributed by atoms with Crippen molar-refractivity contribution in [1.29, 1.82) is 0 Å². The van der Waals surface area contributed by atoms with E-state index in [1.165, 1.54) is 0 Å². The minimum absolute atomic E-state index is 0.0113. The van der Waals surface area contributed by atoms with Gasteiger partial charge >= 0.3 is 0 Å². The fourth-order valence-electron chi connectivity index (χ4n) is 4.36. The van der Waals surface area contributed by atoms with E-state index in [1.807, 2.05) is 47.4 Å². The van der Waals surface area contributed by atoms with Gasteiger partial charge in [-0.2, -0.15) is 0 Å². The van der Waals surface area contributed by atoms with E-state index >= 15 is 0 Å². The summed E-state index contributed by atoms with van der Waals surface area (Å²) in [5.74, 6) is -0.140. The van der Waals surface area contributed by atoms with Gasteiger partial charge < -0.3 is 20.9 Å². The molecule has 1 atom stereocenters. The van der Waals surface area contributed by atoms with Crippen LogP contribution >= 0.6 is 0 Å². The number of nitrogens with one attached hydrogen (secondary N) is 2. The first-order valence-electron chi connectivity index (χ1n) is 11.1. The van der Waals surface area contributed by atoms with Gasteiger partial charge in [0, 0.05) is 29.6 Å². The van der Waals surface area contributed by atoms with Crippen molar-refractivity contribution >= 4 is 22.7 Å². The highest BCUT2D eigenvalue weighted by Crippen LogP contribution is 2.28. The third-order valence-electron chi connectivity index (χ3n) is 5.94. The maximum atomic E-state index is 13.4. The van der Waals surface area contributed by atoms with Gasteiger partial charge in [0.05, 0.1) is 13.0 Å². The Labute approximate surface area is 182 Å². The summed E-state index contributed by atoms with van der Waals surface area (Å²) >= 11 is 0. The predicted octanol–water partition coefficient (Wildman–Crippen LogP) is 2.91. The third-order valence-corrected chi connectivity index (χ3v) is 5.94. The van der Waals surface area contributed by atoms with Crippen molar-refractivity contribution in [3.8, 4) is 0 Å². The van der Waals surface area contributed by atoms with Crippen LogP contribution in [-0.2, 0) is 29.0 Å². The number of carbonyl (C=O) groups excluding carboxylic acids is 2. The second-order valence-electron chi connectivity index (χ2n) is 8.22. The van der Waals surface area contributed by atoms with E-state index < -0.39 is 6.04 Å². The summed E-state index contributed by atoms with van der Waals surface area (Å²) in [6.45, 7) is 1.87. The molecule has 6 nitrogen and oxygen atoms in total. The van der Waals surface area contributed by atoms with Gasteiger partial charge in [-0.15, -0.1) is 0 Å². The van der Waals surface area contributed by atoms with Crippen molar-refractivity contribution in [1.82, 2.24) is 15.2 Å². The Balaban J connectivity index is 1.56. The number of hydrogen-bond acceptors (Lipinski definition) is 3. The van der Waals surface area contributed by atoms with Crippen LogP contribution < -0.4 is 11.1 Å². The van der Waals surface area contributed by atoms with Crippen molar-refractivity contribution in [2.24, 2.45) is 5.73 Å². The Morgan fingerprint density at radius 2 is 1.84 bits per heavy atom. The van der Waals surface area contributed by atoms with Gasteiger partial charge in [-0.25, -0.2) is 0 Å². The zero-order valence-electron chi connectivity index (χ0n) is 17.8. The molecule has 162 valence electrons. The summed E-state index contributed by atoms with van der Waals surface area (Å²) in [5, 5.41) is 4.14. The lowest BCUT2D eigenvalue weighted by molar-refractivity contribution is -0.136. The minimum atomic E-state index is -0.564. The molecule has 0 unspecified atom stereocenters. The zero-order valence-corrected chi connectivity index (χ0v) is 17.8. The number of para-hydroxylation sites is 1. The second kappa shape index (κ2) is 9.79. The quantitative estimate of drug-likeness (QED) is 0.491. The molecule has 1 aliphatic heterocycles. The lowest BCUT2D eigenvalue weighted by Gasteiger charge is -2.25. The summed E-state index contributed by atoms with van der Waals surface area (Å²) < 4.78 is 0. The van der Waals surface area contributed by atoms with Crippen LogP contribution in [-0.4, -0.2) is 40.8 Å². The van der Waals surface area contributed by atoms with Crippen LogP contribution in [0.25, 0.3) is 10.9 Å². The molecule has 2 heterocycles. The van der Waals surface area contributed by atoms with E-state index in [0.29, 0.717) is 26.1 Å². The average Bonchev–Trinajstić information content (AvgIpc) is 3.06. The lowest BCUT2D eigenvalue weighted by atomic mass is 10.0. The highest BCUT2D eigenvalue weighted by atomic mass is 16.2. The first kappa shape index (κ1) is 21.1. The summed E-state index contributed by atoms with van der Waals surface area (Å²) in [6.07, 6.45) is 3.62. The third kappa shape index (κ3) is 4.97. The van der Waals surface area contributed by atoms with Crippen molar-refractivity contribution in [2.75, 3.05) is 13.1 Å². The monoisotopic (exact) mass is 418 g/mol. The molecule has 1 aliphatic rings. The smallest absolute Gasteiger partial charge is 0.245 e. The van der Waals surface area contributed by atoms with Crippen LogP contribution in [0.5, 0.6) is 0 Å². The van der Waals surface area contributed by atoms with Gasteiger partial charge in [-0.3, -0.25) is 9.59 Å². The van der Waals surface area contributed by atoms with Gasteiger partial charge in [-0.05, 0) is 36.6 Å². The molecule has 0 saturated carbocycles. The first-order chi connectivity index (χ1) is 15.2. The maximum absolute atomic E-state index is 13.4. The molecular formula is C25H30N4O2. The molecule has 6 heteroatoms. The largest absolute Gasteiger partial charge is 0.357 e. The van der Waals surface area contributed by atoms with Crippen LogP contribution in [0.1, 0.15) is 36.1 Å². The number of nitrogens with two attached hydrogens (primary N) is 1. The molecular weight excluding hydrogens is 388 g/mol. The topological polar surface area (TPSA) is 91.2 Å². The number of benzene rings is 2. The van der Waals surface area contributed by atoms with E-state index in [1.54, 1.807) is 0 Å². The summed E-state index contributed by atoms with van der Waals surface area (Å²) in [7, 11) is 0. The molecule has 0 radical (unpaired) electrons. The van der Waals surface area contributed by atoms with E-state index in [4.69, 9.17) is 5.73 Å². The van der Waals surface area contributed by atoms with E-state index in [0.717, 1.165) is 47.0 Å². The van der Waals surface area contributed by atoms with E-state index in [2.05, 4.69) is 22.4 Å². The van der Waals surface area contributed by atoms with Gasteiger partial charge in [0.25, 0.3) is 0 Å². The molecule has 2 aromatic carbocycles. The van der Waals surface area contributed by atoms with E-state index in [9.17, 15) is 9.59 Å². The Bertz CT molecular complexity index is 1040. The number of H-pyrrole nitrogens is 1. The molecule has 4 N–H and O–H groups in total. The van der Waals surface area contributed by atoms with Crippen LogP contribution in [0.3, 0.4) is 0 Å². The van der Waals surface area contributed by atoms with Crippen molar-refractivity contribution < 1.29 is 9.59 Å². The SMILES string of the molecule is NCCCCCN1Cc2[nH]c3ccccc3c2C[C@@H](NC(=O)Cc2ccccc2)C1=O. The highest BCUT2D eigenvalue weighted by molar-refractivity contribution is 5.91. The molecule has 0 spiro atoms. The number of amides is 2. The maximum Gasteiger partial charge on any atom is 0.245 e. The minimum Gasteiger partial charge on any atom is -0.357 e. The van der Waals surface area contributed by atoms with Crippen LogP contribution in [0.4, 0.5) is 0 Å². The number of fused-ring (bicyclic) bond motifs is 3. The molecule has 31 heavy (non-hydrogen) atoms. The molecule has 1 aromatic heterocycles. The Morgan fingerprint density at radius 1 is 1.06 bits per heavy atom. The Hall–Kier alpha value is -3.12. The zero-order chi connectivity index (χ0) is 21.6. The number of rotatable bonds is 8. The number of aromatic nitrogens is 1. The molecule has 0 bridgehead atoms. The lowest BCUT2D eigenvalue weighted by Crippen LogP contribution is -2.48. The fraction of sp³-hybridized carbons (Fsp3) is 0.360. The molecule has 0 aliphatic carbocycles. The number of unbranched alkanes of at least 4 members (excludes halogenated alkanes) is 2. The van der Waals surface area contributed by atoms with Gasteiger partial charge in [-0.1, -0.05) is 55.0 Å². The molecule has 0 fully saturated rings. The van der Waals surface area contributed by atoms with Crippen LogP contribution in [0.15, 0.2) is 54.6 Å². The Kier molecular flexibility index (Phi) is 6.67. The van der Waals surface area contributed by atoms with Gasteiger partial charge in [0.15, 0.2) is 0 Å². The van der Waals surface area contributed by atoms with Gasteiger partial charge in [0.1, 0.15) is 6.04 Å². The molecule has 0 saturated heterocycles. The number of carbonyl (C=O) groups is 2. The average molecular weight is 419 g/mol. The van der Waals surface area contributed by atoms with Crippen molar-refractivity contribution in [2.45, 2.75) is 44.7 Å². The standard InChI is InChI=1S/C25H30N4O2/c26-13-7-2-8-14-29-17-23-20(19-11-5-6-12-21(19)27-23)16-22(25(29)31)28-24(30)15-18-9-3-1-4-10-18/h1,3-6,9-12,22,27H,2,7-8,13-17,26H2,(H,28,30)/t22-/m1/s1. The molecule has 3 aromatic rings. The Morgan fingerprint density at radius 3 is 2.65 bits per heavy atom. The summed E-state index contributed by atoms with van der Waals surface area (Å²) in [4.78, 5) is 31.5. The van der Waals surface area contributed by atoms with Gasteiger partial charge in [0.2, 0.25) is 11.8 Å². The van der Waals surface area contributed by atoms with E-state index in [-0.39, 0.29) is 18.2 Å². The molecule has 4 rings (SSSR count). The highest BCUT2D eigenvalue weighted by Gasteiger charge is 2.32. The second-order valence-corrected chi connectivity index (χ2v) is 8.22. The summed E-state index contributed by atoms with van der Waals surface area (Å²) in [6, 6.07) is 17.2. The van der Waals surface area contributed by atoms with Crippen molar-refractivity contribution in [3.05, 3.63) is 71.4 Å². The number of aromatic amines is 1. The number of hydrogen-bond donors (Lipinski definition) is 3. The van der Waals surface area contributed by atoms with Crippen LogP contribution in [0.2, 0.25) is 0 Å². The number of nitrogens with zero attached hydrogens (tertiary/aromatic N) is 1. The molecule has 2 amide bonds. The summed E-state index contributed by atoms with van der Waals surface area (Å²) in [5.41, 5.74) is 9.81.